The van der Waals surface area contributed by atoms with E-state index in [0.29, 0.717) is 42.0 Å². The van der Waals surface area contributed by atoms with E-state index in [-0.39, 0.29) is 31.2 Å². The zero-order valence-corrected chi connectivity index (χ0v) is 20.3. The maximum atomic E-state index is 9.57. The van der Waals surface area contributed by atoms with Crippen molar-refractivity contribution >= 4 is 23.5 Å². The van der Waals surface area contributed by atoms with Crippen LogP contribution >= 0.6 is 0 Å². The van der Waals surface area contributed by atoms with Crippen molar-refractivity contribution in [2.24, 2.45) is 0 Å². The number of aliphatic hydroxyl groups is 2. The van der Waals surface area contributed by atoms with Gasteiger partial charge in [-0.25, -0.2) is 9.97 Å². The first kappa shape index (κ1) is 27.1. The lowest BCUT2D eigenvalue weighted by Gasteiger charge is -2.20. The average Bonchev–Trinajstić information content (AvgIpc) is 2.84. The van der Waals surface area contributed by atoms with E-state index in [1.165, 1.54) is 6.20 Å². The maximum absolute atomic E-state index is 9.57. The number of nitrogens with two attached hydrogens (primary N) is 1. The molecule has 0 aromatic carbocycles. The summed E-state index contributed by atoms with van der Waals surface area (Å²) in [7, 11) is 3.11. The van der Waals surface area contributed by atoms with E-state index < -0.39 is 0 Å². The van der Waals surface area contributed by atoms with Gasteiger partial charge in [-0.1, -0.05) is 13.3 Å². The summed E-state index contributed by atoms with van der Waals surface area (Å²) >= 11 is 0. The molecule has 0 saturated heterocycles. The lowest BCUT2D eigenvalue weighted by molar-refractivity contribution is 0.267. The van der Waals surface area contributed by atoms with Crippen molar-refractivity contribution in [2.75, 3.05) is 55.7 Å². The SMILES string of the molecule is CCC[C@@H](CO)Nc1nc(NCCCC[C@@H](CCO)Nc2nc(N)ncc2OC)ncc1OC. The summed E-state index contributed by atoms with van der Waals surface area (Å²) in [5, 5.41) is 28.8. The van der Waals surface area contributed by atoms with E-state index in [9.17, 15) is 10.2 Å². The number of methoxy groups -OCH3 is 2. The van der Waals surface area contributed by atoms with Crippen molar-refractivity contribution in [3.63, 3.8) is 0 Å². The van der Waals surface area contributed by atoms with Crippen LogP contribution in [0.1, 0.15) is 45.4 Å². The second-order valence-electron chi connectivity index (χ2n) is 7.84. The Morgan fingerprint density at radius 2 is 1.59 bits per heavy atom. The Balaban J connectivity index is 1.86. The first-order valence-corrected chi connectivity index (χ1v) is 11.6. The molecule has 2 heterocycles. The minimum Gasteiger partial charge on any atom is -0.491 e. The van der Waals surface area contributed by atoms with Crippen LogP contribution in [-0.4, -0.2) is 76.2 Å². The lowest BCUT2D eigenvalue weighted by atomic mass is 10.1. The number of hydrogen-bond donors (Lipinski definition) is 6. The summed E-state index contributed by atoms with van der Waals surface area (Å²) in [5.74, 6) is 2.74. The highest BCUT2D eigenvalue weighted by atomic mass is 16.5. The van der Waals surface area contributed by atoms with Crippen molar-refractivity contribution in [1.82, 2.24) is 19.9 Å². The fourth-order valence-electron chi connectivity index (χ4n) is 3.45. The molecule has 12 heteroatoms. The number of nitrogens with zero attached hydrogens (tertiary/aromatic N) is 4. The summed E-state index contributed by atoms with van der Waals surface area (Å²) in [6.45, 7) is 2.82. The van der Waals surface area contributed by atoms with Crippen molar-refractivity contribution in [1.29, 1.82) is 0 Å². The molecule has 2 rings (SSSR count). The third-order valence-electron chi connectivity index (χ3n) is 5.25. The molecule has 0 bridgehead atoms. The molecule has 0 aliphatic rings. The number of ether oxygens (including phenoxy) is 2. The van der Waals surface area contributed by atoms with Gasteiger partial charge in [0.1, 0.15) is 0 Å². The normalized spacial score (nSPS) is 12.6. The van der Waals surface area contributed by atoms with Crippen molar-refractivity contribution in [3.8, 4) is 11.5 Å². The number of nitrogens with one attached hydrogen (secondary N) is 3. The minimum absolute atomic E-state index is 0.00946. The van der Waals surface area contributed by atoms with Crippen LogP contribution in [-0.2, 0) is 0 Å². The smallest absolute Gasteiger partial charge is 0.224 e. The Morgan fingerprint density at radius 3 is 2.24 bits per heavy atom. The van der Waals surface area contributed by atoms with Gasteiger partial charge < -0.3 is 41.4 Å². The topological polar surface area (TPSA) is 173 Å². The van der Waals surface area contributed by atoms with Crippen LogP contribution in [0.2, 0.25) is 0 Å². The van der Waals surface area contributed by atoms with Crippen LogP contribution in [0, 0.1) is 0 Å². The summed E-state index contributed by atoms with van der Waals surface area (Å²) in [6, 6.07) is -0.0864. The molecule has 0 amide bonds. The predicted molar refractivity (Wildman–Crippen MR) is 132 cm³/mol. The van der Waals surface area contributed by atoms with E-state index in [2.05, 4.69) is 42.8 Å². The van der Waals surface area contributed by atoms with Gasteiger partial charge in [-0.2, -0.15) is 9.97 Å². The van der Waals surface area contributed by atoms with E-state index in [0.717, 1.165) is 32.1 Å². The molecular weight excluding hydrogens is 440 g/mol. The molecule has 34 heavy (non-hydrogen) atoms. The largest absolute Gasteiger partial charge is 0.491 e. The van der Waals surface area contributed by atoms with Gasteiger partial charge in [0.25, 0.3) is 0 Å². The van der Waals surface area contributed by atoms with Gasteiger partial charge >= 0.3 is 0 Å². The molecule has 2 aromatic heterocycles. The van der Waals surface area contributed by atoms with Crippen LogP contribution in [0.25, 0.3) is 0 Å². The highest BCUT2D eigenvalue weighted by Crippen LogP contribution is 2.24. The molecule has 0 spiro atoms. The van der Waals surface area contributed by atoms with E-state index >= 15 is 0 Å². The van der Waals surface area contributed by atoms with E-state index in [1.54, 1.807) is 20.4 Å². The first-order chi connectivity index (χ1) is 16.5. The second kappa shape index (κ2) is 14.9. The molecule has 2 aromatic rings. The van der Waals surface area contributed by atoms with E-state index in [1.807, 2.05) is 0 Å². The Hall–Kier alpha value is -3.12. The molecular formula is C22H38N8O4. The summed E-state index contributed by atoms with van der Waals surface area (Å²) in [6.07, 6.45) is 8.07. The van der Waals surface area contributed by atoms with Crippen molar-refractivity contribution in [3.05, 3.63) is 12.4 Å². The molecule has 0 unspecified atom stereocenters. The maximum Gasteiger partial charge on any atom is 0.224 e. The van der Waals surface area contributed by atoms with Crippen LogP contribution in [0.15, 0.2) is 12.4 Å². The average molecular weight is 479 g/mol. The molecule has 0 aliphatic heterocycles. The summed E-state index contributed by atoms with van der Waals surface area (Å²) < 4.78 is 10.6. The number of anilines is 4. The lowest BCUT2D eigenvalue weighted by Crippen LogP contribution is -2.24. The highest BCUT2D eigenvalue weighted by molar-refractivity contribution is 5.53. The standard InChI is InChI=1S/C22H38N8O4/c1-4-7-16(14-32)28-20-18(34-3)13-26-22(30-20)24-10-6-5-8-15(9-11-31)27-19-17(33-2)12-25-21(23)29-19/h12-13,15-16,31-32H,4-11,14H2,1-3H3,(H3,23,25,27,29)(H2,24,26,28,30)/t15-,16-/m0/s1. The minimum atomic E-state index is -0.0959. The molecule has 0 saturated carbocycles. The molecule has 7 N–H and O–H groups in total. The molecule has 0 aliphatic carbocycles. The fourth-order valence-corrected chi connectivity index (χ4v) is 3.45. The van der Waals surface area contributed by atoms with E-state index in [4.69, 9.17) is 15.2 Å². The predicted octanol–water partition coefficient (Wildman–Crippen LogP) is 1.88. The van der Waals surface area contributed by atoms with Crippen LogP contribution in [0.3, 0.4) is 0 Å². The zero-order valence-electron chi connectivity index (χ0n) is 20.3. The number of aliphatic hydroxyl groups excluding tert-OH is 2. The molecule has 12 nitrogen and oxygen atoms in total. The number of unbranched alkanes of at least 4 members (excludes halogenated alkanes) is 1. The van der Waals surface area contributed by atoms with Gasteiger partial charge in [0.2, 0.25) is 11.9 Å². The first-order valence-electron chi connectivity index (χ1n) is 11.6. The third kappa shape index (κ3) is 8.67. The summed E-state index contributed by atoms with van der Waals surface area (Å²) in [4.78, 5) is 16.9. The Morgan fingerprint density at radius 1 is 0.912 bits per heavy atom. The van der Waals surface area contributed by atoms with Crippen molar-refractivity contribution in [2.45, 2.75) is 57.5 Å². The number of nitrogen functional groups attached to an aromatic ring is 1. The van der Waals surface area contributed by atoms with Gasteiger partial charge in [-0.05, 0) is 32.1 Å². The molecule has 2 atom stereocenters. The summed E-state index contributed by atoms with van der Waals surface area (Å²) in [5.41, 5.74) is 5.69. The van der Waals surface area contributed by atoms with Gasteiger partial charge in [0.15, 0.2) is 23.1 Å². The number of rotatable bonds is 17. The van der Waals surface area contributed by atoms with Crippen LogP contribution < -0.4 is 31.2 Å². The zero-order chi connectivity index (χ0) is 24.8. The molecule has 0 fully saturated rings. The molecule has 190 valence electrons. The van der Waals surface area contributed by atoms with Gasteiger partial charge in [-0.15, -0.1) is 0 Å². The number of hydrogen-bond acceptors (Lipinski definition) is 12. The van der Waals surface area contributed by atoms with Gasteiger partial charge in [-0.3, -0.25) is 0 Å². The quantitative estimate of drug-likeness (QED) is 0.183. The monoisotopic (exact) mass is 478 g/mol. The highest BCUT2D eigenvalue weighted by Gasteiger charge is 2.15. The molecule has 0 radical (unpaired) electrons. The Bertz CT molecular complexity index is 858. The second-order valence-corrected chi connectivity index (χ2v) is 7.84. The van der Waals surface area contributed by atoms with Gasteiger partial charge in [0.05, 0.1) is 39.3 Å². The van der Waals surface area contributed by atoms with Crippen LogP contribution in [0.5, 0.6) is 11.5 Å². The van der Waals surface area contributed by atoms with Crippen LogP contribution in [0.4, 0.5) is 23.5 Å². The van der Waals surface area contributed by atoms with Crippen molar-refractivity contribution < 1.29 is 19.7 Å². The van der Waals surface area contributed by atoms with Gasteiger partial charge in [0, 0.05) is 19.2 Å². The third-order valence-corrected chi connectivity index (χ3v) is 5.25. The number of aromatic nitrogens is 4. The fraction of sp³-hybridized carbons (Fsp3) is 0.636. The Labute approximate surface area is 200 Å². The Kier molecular flexibility index (Phi) is 11.9.